The molecule has 0 atom stereocenters. The van der Waals surface area contributed by atoms with Crippen molar-refractivity contribution in [1.29, 1.82) is 0 Å². The number of aromatic hydroxyl groups is 1. The molecule has 5 heteroatoms. The lowest BCUT2D eigenvalue weighted by Gasteiger charge is -2.08. The predicted molar refractivity (Wildman–Crippen MR) is 60.8 cm³/mol. The van der Waals surface area contributed by atoms with Crippen LogP contribution in [0, 0.1) is 5.21 Å². The molecule has 1 aromatic rings. The molecule has 1 heterocycles. The van der Waals surface area contributed by atoms with Crippen LogP contribution in [-0.2, 0) is 0 Å². The maximum Gasteiger partial charge on any atom is 1.00 e. The van der Waals surface area contributed by atoms with Crippen molar-refractivity contribution in [2.45, 2.75) is 0 Å². The second kappa shape index (κ2) is 3.21. The topological polar surface area (TPSA) is 77.4 Å². The SMILES string of the molecule is O=c1ccc2[n+]([O-])c3ccc(O)cc3oc-2c1.[H+]. The van der Waals surface area contributed by atoms with Gasteiger partial charge >= 0.3 is 1.43 Å². The second-order valence-corrected chi connectivity index (χ2v) is 3.68. The summed E-state index contributed by atoms with van der Waals surface area (Å²) in [7, 11) is 0. The van der Waals surface area contributed by atoms with Gasteiger partial charge in [0.25, 0.3) is 11.2 Å². The molecule has 1 aliphatic carbocycles. The van der Waals surface area contributed by atoms with E-state index in [1.807, 2.05) is 0 Å². The molecule has 0 aromatic heterocycles. The summed E-state index contributed by atoms with van der Waals surface area (Å²) in [6, 6.07) is 8.17. The Morgan fingerprint density at radius 1 is 1.24 bits per heavy atom. The molecule has 5 nitrogen and oxygen atoms in total. The summed E-state index contributed by atoms with van der Waals surface area (Å²) in [4.78, 5) is 11.2. The lowest BCUT2D eigenvalue weighted by molar-refractivity contribution is -0.566. The van der Waals surface area contributed by atoms with Gasteiger partial charge in [-0.15, -0.1) is 0 Å². The van der Waals surface area contributed by atoms with Crippen LogP contribution in [0.4, 0.5) is 0 Å². The molecule has 1 N–H and O–H groups in total. The molecule has 3 rings (SSSR count). The first-order chi connectivity index (χ1) is 8.15. The first-order valence-electron chi connectivity index (χ1n) is 4.94. The lowest BCUT2D eigenvalue weighted by Crippen LogP contribution is -2.31. The van der Waals surface area contributed by atoms with Crippen molar-refractivity contribution in [3.8, 4) is 17.2 Å². The summed E-state index contributed by atoms with van der Waals surface area (Å²) in [5.74, 6) is 0.199. The number of benzene rings is 2. The van der Waals surface area contributed by atoms with Crippen LogP contribution in [0.2, 0.25) is 0 Å². The molecule has 1 aromatic carbocycles. The van der Waals surface area contributed by atoms with Crippen LogP contribution in [0.3, 0.4) is 0 Å². The molecule has 0 bridgehead atoms. The van der Waals surface area contributed by atoms with Crippen molar-refractivity contribution in [1.82, 2.24) is 0 Å². The minimum absolute atomic E-state index is 0. The number of phenols is 1. The lowest BCUT2D eigenvalue weighted by atomic mass is 10.2. The average Bonchev–Trinajstić information content (AvgIpc) is 2.28. The van der Waals surface area contributed by atoms with Gasteiger partial charge in [-0.2, -0.15) is 4.73 Å². The molecule has 0 spiro atoms. The van der Waals surface area contributed by atoms with Gasteiger partial charge in [-0.05, 0) is 12.1 Å². The monoisotopic (exact) mass is 230 g/mol. The van der Waals surface area contributed by atoms with Crippen molar-refractivity contribution in [3.05, 3.63) is 51.8 Å². The minimum atomic E-state index is -0.235. The van der Waals surface area contributed by atoms with Crippen molar-refractivity contribution in [3.63, 3.8) is 0 Å². The van der Waals surface area contributed by atoms with Crippen LogP contribution in [0.25, 0.3) is 22.6 Å². The standard InChI is InChI=1S/C12H7NO4/c14-7-1-3-9-11(5-7)17-12-6-8(15)2-4-10(12)13(9)16/h1-6,14H/p+1. The Labute approximate surface area is 96.6 Å². The third kappa shape index (κ3) is 1.40. The molecule has 0 fully saturated rings. The van der Waals surface area contributed by atoms with E-state index in [4.69, 9.17) is 4.42 Å². The van der Waals surface area contributed by atoms with Gasteiger partial charge in [0, 0.05) is 24.3 Å². The number of nitrogens with zero attached hydrogens (tertiary/aromatic N) is 1. The third-order valence-corrected chi connectivity index (χ3v) is 2.53. The fourth-order valence-electron chi connectivity index (χ4n) is 1.74. The molecule has 0 radical (unpaired) electrons. The van der Waals surface area contributed by atoms with Gasteiger partial charge in [0.05, 0.1) is 0 Å². The normalized spacial score (nSPS) is 11.1. The van der Waals surface area contributed by atoms with E-state index in [1.54, 1.807) is 0 Å². The Balaban J connectivity index is 0.00000120. The predicted octanol–water partition coefficient (Wildman–Crippen LogP) is 1.35. The maximum absolute atomic E-state index is 12.0. The van der Waals surface area contributed by atoms with Crippen molar-refractivity contribution >= 4 is 11.1 Å². The van der Waals surface area contributed by atoms with Crippen LogP contribution < -0.4 is 10.2 Å². The molecular weight excluding hydrogens is 222 g/mol. The van der Waals surface area contributed by atoms with E-state index >= 15 is 0 Å². The molecule has 17 heavy (non-hydrogen) atoms. The smallest absolute Gasteiger partial charge is 0.618 e. The van der Waals surface area contributed by atoms with Gasteiger partial charge in [0.2, 0.25) is 11.3 Å². The summed E-state index contributed by atoms with van der Waals surface area (Å²) in [6.07, 6.45) is 0. The first kappa shape index (κ1) is 9.65. The maximum atomic E-state index is 12.0. The first-order valence-corrected chi connectivity index (χ1v) is 4.94. The highest BCUT2D eigenvalue weighted by Gasteiger charge is 2.19. The summed E-state index contributed by atoms with van der Waals surface area (Å²) in [6.45, 7) is 0. The van der Waals surface area contributed by atoms with Crippen LogP contribution in [0.15, 0.2) is 45.6 Å². The van der Waals surface area contributed by atoms with E-state index in [9.17, 15) is 15.1 Å². The van der Waals surface area contributed by atoms with E-state index in [-0.39, 0.29) is 29.6 Å². The molecule has 84 valence electrons. The highest BCUT2D eigenvalue weighted by Crippen LogP contribution is 2.24. The Morgan fingerprint density at radius 2 is 2.06 bits per heavy atom. The fraction of sp³-hybridized carbons (Fsp3) is 0. The zero-order valence-corrected chi connectivity index (χ0v) is 8.58. The highest BCUT2D eigenvalue weighted by atomic mass is 16.5. The molecule has 0 saturated heterocycles. The average molecular weight is 230 g/mol. The van der Waals surface area contributed by atoms with Gasteiger partial charge in [-0.1, -0.05) is 0 Å². The van der Waals surface area contributed by atoms with Gasteiger partial charge in [0.1, 0.15) is 5.75 Å². The Hall–Kier alpha value is -2.56. The summed E-state index contributed by atoms with van der Waals surface area (Å²) in [5, 5.41) is 21.3. The number of phenolic OH excluding ortho intramolecular Hbond substituents is 1. The number of hydrogen-bond donors (Lipinski definition) is 1. The van der Waals surface area contributed by atoms with Crippen LogP contribution >= 0.6 is 0 Å². The Bertz CT molecular complexity index is 753. The molecule has 0 unspecified atom stereocenters. The zero-order chi connectivity index (χ0) is 12.0. The number of fused-ring (bicyclic) bond motifs is 2. The van der Waals surface area contributed by atoms with E-state index in [0.29, 0.717) is 10.2 Å². The molecule has 2 aliphatic rings. The van der Waals surface area contributed by atoms with Gasteiger partial charge in [-0.3, -0.25) is 4.79 Å². The van der Waals surface area contributed by atoms with E-state index in [0.717, 1.165) is 0 Å². The van der Waals surface area contributed by atoms with E-state index in [1.165, 1.54) is 36.4 Å². The highest BCUT2D eigenvalue weighted by molar-refractivity contribution is 5.73. The summed E-state index contributed by atoms with van der Waals surface area (Å²) in [5.41, 5.74) is 0.579. The zero-order valence-electron chi connectivity index (χ0n) is 9.58. The van der Waals surface area contributed by atoms with Crippen LogP contribution in [0.5, 0.6) is 5.75 Å². The van der Waals surface area contributed by atoms with Crippen molar-refractivity contribution in [2.75, 3.05) is 0 Å². The Morgan fingerprint density at radius 3 is 2.88 bits per heavy atom. The number of hydrogen-bond acceptors (Lipinski definition) is 4. The Kier molecular flexibility index (Phi) is 1.82. The van der Waals surface area contributed by atoms with Gasteiger partial charge in [-0.25, -0.2) is 0 Å². The second-order valence-electron chi connectivity index (χ2n) is 3.68. The fourth-order valence-corrected chi connectivity index (χ4v) is 1.74. The van der Waals surface area contributed by atoms with Crippen LogP contribution in [-0.4, -0.2) is 5.11 Å². The summed E-state index contributed by atoms with van der Waals surface area (Å²) >= 11 is 0. The third-order valence-electron chi connectivity index (χ3n) is 2.53. The quantitative estimate of drug-likeness (QED) is 0.359. The molecular formula is C12H8NO4+. The number of aromatic nitrogens is 1. The minimum Gasteiger partial charge on any atom is -0.618 e. The van der Waals surface area contributed by atoms with Gasteiger partial charge < -0.3 is 14.7 Å². The van der Waals surface area contributed by atoms with Gasteiger partial charge in [0.15, 0.2) is 5.43 Å². The van der Waals surface area contributed by atoms with E-state index in [2.05, 4.69) is 0 Å². The van der Waals surface area contributed by atoms with Crippen molar-refractivity contribution in [2.24, 2.45) is 0 Å². The molecule has 0 amide bonds. The largest absolute Gasteiger partial charge is 1.00 e. The van der Waals surface area contributed by atoms with E-state index < -0.39 is 0 Å². The summed E-state index contributed by atoms with van der Waals surface area (Å²) < 4.78 is 6.08. The van der Waals surface area contributed by atoms with Crippen molar-refractivity contribution < 1.29 is 15.7 Å². The van der Waals surface area contributed by atoms with Crippen LogP contribution in [0.1, 0.15) is 1.43 Å². The molecule has 0 saturated carbocycles. The molecule has 1 aliphatic heterocycles. The number of rotatable bonds is 0.